The van der Waals surface area contributed by atoms with E-state index in [1.165, 1.54) is 51.7 Å². The molecule has 0 aromatic carbocycles. The van der Waals surface area contributed by atoms with Gasteiger partial charge in [0, 0.05) is 19.6 Å². The molecular formula is C17H34N2O. The van der Waals surface area contributed by atoms with E-state index in [0.717, 1.165) is 32.4 Å². The van der Waals surface area contributed by atoms with Gasteiger partial charge in [0.25, 0.3) is 0 Å². The average molecular weight is 282 g/mol. The lowest BCUT2D eigenvalue weighted by Crippen LogP contribution is -2.43. The zero-order valence-electron chi connectivity index (χ0n) is 13.6. The minimum Gasteiger partial charge on any atom is -0.390 e. The molecule has 0 amide bonds. The van der Waals surface area contributed by atoms with Crippen LogP contribution in [0.25, 0.3) is 0 Å². The molecule has 3 heteroatoms. The molecule has 1 atom stereocenters. The lowest BCUT2D eigenvalue weighted by atomic mass is 9.85. The van der Waals surface area contributed by atoms with Gasteiger partial charge in [0.1, 0.15) is 0 Å². The van der Waals surface area contributed by atoms with Crippen LogP contribution < -0.4 is 5.32 Å². The van der Waals surface area contributed by atoms with Crippen LogP contribution in [0.1, 0.15) is 65.2 Å². The average Bonchev–Trinajstić information content (AvgIpc) is 2.78. The molecule has 1 unspecified atom stereocenters. The molecule has 1 aliphatic heterocycles. The van der Waals surface area contributed by atoms with Crippen molar-refractivity contribution >= 4 is 0 Å². The summed E-state index contributed by atoms with van der Waals surface area (Å²) < 4.78 is 0. The van der Waals surface area contributed by atoms with Crippen LogP contribution >= 0.6 is 0 Å². The van der Waals surface area contributed by atoms with Crippen molar-refractivity contribution in [3.8, 4) is 0 Å². The molecule has 118 valence electrons. The van der Waals surface area contributed by atoms with Crippen molar-refractivity contribution in [1.29, 1.82) is 0 Å². The number of rotatable bonds is 6. The van der Waals surface area contributed by atoms with Crippen molar-refractivity contribution in [1.82, 2.24) is 10.2 Å². The summed E-state index contributed by atoms with van der Waals surface area (Å²) in [5.41, 5.74) is 0.0728. The molecule has 0 spiro atoms. The second kappa shape index (κ2) is 7.24. The highest BCUT2D eigenvalue weighted by Crippen LogP contribution is 2.39. The summed E-state index contributed by atoms with van der Waals surface area (Å²) in [5, 5.41) is 13.9. The van der Waals surface area contributed by atoms with Gasteiger partial charge < -0.3 is 15.3 Å². The first-order valence-corrected chi connectivity index (χ1v) is 8.71. The molecule has 2 fully saturated rings. The predicted molar refractivity (Wildman–Crippen MR) is 85.0 cm³/mol. The van der Waals surface area contributed by atoms with Gasteiger partial charge in [-0.3, -0.25) is 0 Å². The Morgan fingerprint density at radius 2 is 1.80 bits per heavy atom. The van der Waals surface area contributed by atoms with Gasteiger partial charge in [0.15, 0.2) is 0 Å². The molecule has 1 saturated carbocycles. The van der Waals surface area contributed by atoms with Gasteiger partial charge in [-0.05, 0) is 64.0 Å². The van der Waals surface area contributed by atoms with Gasteiger partial charge in [0.05, 0.1) is 5.60 Å². The number of hydrogen-bond donors (Lipinski definition) is 2. The van der Waals surface area contributed by atoms with E-state index < -0.39 is 5.60 Å². The molecule has 1 saturated heterocycles. The first-order valence-electron chi connectivity index (χ1n) is 8.71. The van der Waals surface area contributed by atoms with E-state index >= 15 is 0 Å². The fraction of sp³-hybridized carbons (Fsp3) is 1.00. The van der Waals surface area contributed by atoms with E-state index in [1.807, 2.05) is 6.92 Å². The van der Waals surface area contributed by atoms with E-state index in [0.29, 0.717) is 5.41 Å². The molecule has 0 aromatic rings. The third kappa shape index (κ3) is 4.71. The highest BCUT2D eigenvalue weighted by atomic mass is 16.3. The van der Waals surface area contributed by atoms with Crippen LogP contribution in [0.15, 0.2) is 0 Å². The Labute approximate surface area is 125 Å². The maximum atomic E-state index is 10.2. The van der Waals surface area contributed by atoms with Crippen LogP contribution in [0.2, 0.25) is 0 Å². The van der Waals surface area contributed by atoms with E-state index in [4.69, 9.17) is 0 Å². The number of likely N-dealkylation sites (tertiary alicyclic amines) is 1. The van der Waals surface area contributed by atoms with Crippen LogP contribution in [0.3, 0.4) is 0 Å². The molecule has 3 nitrogen and oxygen atoms in total. The van der Waals surface area contributed by atoms with Gasteiger partial charge in [0.2, 0.25) is 0 Å². The van der Waals surface area contributed by atoms with Crippen molar-refractivity contribution in [2.75, 3.05) is 32.7 Å². The zero-order chi connectivity index (χ0) is 14.5. The summed E-state index contributed by atoms with van der Waals surface area (Å²) in [6.07, 6.45) is 9.84. The zero-order valence-corrected chi connectivity index (χ0v) is 13.6. The standard InChI is InChI=1S/C17H34N2O/c1-3-11-18-14-17(8-4-5-9-17)15-19-12-6-7-16(2,20)10-13-19/h18,20H,3-15H2,1-2H3. The van der Waals surface area contributed by atoms with Crippen molar-refractivity contribution in [3.63, 3.8) is 0 Å². The maximum absolute atomic E-state index is 10.2. The molecule has 2 aliphatic rings. The number of aliphatic hydroxyl groups is 1. The van der Waals surface area contributed by atoms with Crippen LogP contribution in [0.5, 0.6) is 0 Å². The van der Waals surface area contributed by atoms with Crippen molar-refractivity contribution < 1.29 is 5.11 Å². The molecule has 0 radical (unpaired) electrons. The molecule has 2 rings (SSSR count). The predicted octanol–water partition coefficient (Wildman–Crippen LogP) is 2.78. The van der Waals surface area contributed by atoms with Crippen molar-refractivity contribution in [2.45, 2.75) is 70.8 Å². The highest BCUT2D eigenvalue weighted by Gasteiger charge is 2.36. The van der Waals surface area contributed by atoms with Gasteiger partial charge in [-0.25, -0.2) is 0 Å². The fourth-order valence-electron chi connectivity index (χ4n) is 4.00. The first kappa shape index (κ1) is 16.3. The third-order valence-corrected chi connectivity index (χ3v) is 5.31. The largest absolute Gasteiger partial charge is 0.390 e. The minimum atomic E-state index is -0.432. The van der Waals surface area contributed by atoms with Gasteiger partial charge in [-0.1, -0.05) is 19.8 Å². The van der Waals surface area contributed by atoms with Crippen molar-refractivity contribution in [3.05, 3.63) is 0 Å². The van der Waals surface area contributed by atoms with Gasteiger partial charge >= 0.3 is 0 Å². The van der Waals surface area contributed by atoms with Crippen LogP contribution in [-0.2, 0) is 0 Å². The molecule has 2 N–H and O–H groups in total. The third-order valence-electron chi connectivity index (χ3n) is 5.31. The van der Waals surface area contributed by atoms with Crippen LogP contribution in [-0.4, -0.2) is 48.3 Å². The second-order valence-corrected chi connectivity index (χ2v) is 7.51. The topological polar surface area (TPSA) is 35.5 Å². The number of nitrogens with zero attached hydrogens (tertiary/aromatic N) is 1. The summed E-state index contributed by atoms with van der Waals surface area (Å²) in [6.45, 7) is 10.1. The molecule has 0 aromatic heterocycles. The Balaban J connectivity index is 1.87. The Morgan fingerprint density at radius 1 is 1.05 bits per heavy atom. The number of hydrogen-bond acceptors (Lipinski definition) is 3. The molecule has 0 bridgehead atoms. The Kier molecular flexibility index (Phi) is 5.88. The summed E-state index contributed by atoms with van der Waals surface area (Å²) in [6, 6.07) is 0. The second-order valence-electron chi connectivity index (χ2n) is 7.51. The van der Waals surface area contributed by atoms with E-state index in [9.17, 15) is 5.11 Å². The van der Waals surface area contributed by atoms with Crippen LogP contribution in [0.4, 0.5) is 0 Å². The Morgan fingerprint density at radius 3 is 2.50 bits per heavy atom. The summed E-state index contributed by atoms with van der Waals surface area (Å²) in [7, 11) is 0. The monoisotopic (exact) mass is 282 g/mol. The van der Waals surface area contributed by atoms with E-state index in [1.54, 1.807) is 0 Å². The molecule has 1 heterocycles. The summed E-state index contributed by atoms with van der Waals surface area (Å²) in [4.78, 5) is 2.63. The van der Waals surface area contributed by atoms with Crippen molar-refractivity contribution in [2.24, 2.45) is 5.41 Å². The smallest absolute Gasteiger partial charge is 0.0632 e. The molecule has 20 heavy (non-hydrogen) atoms. The minimum absolute atomic E-state index is 0.432. The Bertz CT molecular complexity index is 285. The quantitative estimate of drug-likeness (QED) is 0.735. The number of nitrogens with one attached hydrogen (secondary N) is 1. The van der Waals surface area contributed by atoms with Gasteiger partial charge in [-0.2, -0.15) is 0 Å². The maximum Gasteiger partial charge on any atom is 0.0632 e. The first-order chi connectivity index (χ1) is 9.55. The molecule has 1 aliphatic carbocycles. The normalized spacial score (nSPS) is 31.4. The lowest BCUT2D eigenvalue weighted by Gasteiger charge is -2.35. The van der Waals surface area contributed by atoms with E-state index in [-0.39, 0.29) is 0 Å². The van der Waals surface area contributed by atoms with Gasteiger partial charge in [-0.15, -0.1) is 0 Å². The lowest BCUT2D eigenvalue weighted by molar-refractivity contribution is 0.0427. The van der Waals surface area contributed by atoms with E-state index in [2.05, 4.69) is 17.1 Å². The van der Waals surface area contributed by atoms with Crippen LogP contribution in [0, 0.1) is 5.41 Å². The fourth-order valence-corrected chi connectivity index (χ4v) is 4.00. The summed E-state index contributed by atoms with van der Waals surface area (Å²) >= 11 is 0. The Hall–Kier alpha value is -0.120. The molecular weight excluding hydrogens is 248 g/mol. The summed E-state index contributed by atoms with van der Waals surface area (Å²) in [5.74, 6) is 0. The SMILES string of the molecule is CCCNCC1(CN2CCCC(C)(O)CC2)CCCC1. The highest BCUT2D eigenvalue weighted by molar-refractivity contribution is 4.91.